The van der Waals surface area contributed by atoms with Gasteiger partial charge in [0.2, 0.25) is 0 Å². The Morgan fingerprint density at radius 1 is 1.32 bits per heavy atom. The fourth-order valence-corrected chi connectivity index (χ4v) is 2.49. The monoisotopic (exact) mass is 258 g/mol. The Balaban J connectivity index is 1.76. The van der Waals surface area contributed by atoms with E-state index in [-0.39, 0.29) is 5.75 Å². The van der Waals surface area contributed by atoms with Crippen molar-refractivity contribution in [3.63, 3.8) is 0 Å². The van der Waals surface area contributed by atoms with Crippen LogP contribution in [0.3, 0.4) is 0 Å². The summed E-state index contributed by atoms with van der Waals surface area (Å²) in [7, 11) is 0. The average molecular weight is 258 g/mol. The van der Waals surface area contributed by atoms with Crippen LogP contribution in [0.4, 0.5) is 0 Å². The minimum absolute atomic E-state index is 0.284. The van der Waals surface area contributed by atoms with Crippen molar-refractivity contribution in [3.8, 4) is 5.75 Å². The highest BCUT2D eigenvalue weighted by molar-refractivity contribution is 5.27. The summed E-state index contributed by atoms with van der Waals surface area (Å²) in [5.74, 6) is 2.72. The van der Waals surface area contributed by atoms with Crippen LogP contribution in [-0.2, 0) is 19.4 Å². The molecule has 5 nitrogen and oxygen atoms in total. The first-order valence-corrected chi connectivity index (χ1v) is 6.65. The number of rotatable bonds is 3. The predicted octanol–water partition coefficient (Wildman–Crippen LogP) is 1.10. The summed E-state index contributed by atoms with van der Waals surface area (Å²) in [5, 5.41) is 13.8. The average Bonchev–Trinajstić information content (AvgIpc) is 2.82. The number of aromatic hydroxyl groups is 1. The standard InChI is InChI=1S/C14H18N4O/c15-9-11-5-6-18-14(8-11)16-13(17-18)7-10-1-3-12(19)4-2-10/h1-4,11,19H,5-9,15H2. The molecule has 1 aromatic heterocycles. The highest BCUT2D eigenvalue weighted by Gasteiger charge is 2.20. The van der Waals surface area contributed by atoms with Gasteiger partial charge in [-0.2, -0.15) is 5.10 Å². The van der Waals surface area contributed by atoms with E-state index in [0.29, 0.717) is 12.3 Å². The molecule has 0 fully saturated rings. The van der Waals surface area contributed by atoms with Crippen LogP contribution in [0.5, 0.6) is 5.75 Å². The van der Waals surface area contributed by atoms with Crippen molar-refractivity contribution in [2.75, 3.05) is 6.54 Å². The zero-order valence-electron chi connectivity index (χ0n) is 10.8. The molecule has 100 valence electrons. The molecular formula is C14H18N4O. The second-order valence-electron chi connectivity index (χ2n) is 5.11. The Hall–Kier alpha value is -1.88. The van der Waals surface area contributed by atoms with E-state index in [4.69, 9.17) is 5.73 Å². The molecule has 5 heteroatoms. The van der Waals surface area contributed by atoms with Crippen molar-refractivity contribution in [3.05, 3.63) is 41.5 Å². The molecule has 0 saturated heterocycles. The number of nitrogens with two attached hydrogens (primary N) is 1. The fraction of sp³-hybridized carbons (Fsp3) is 0.429. The van der Waals surface area contributed by atoms with Crippen LogP contribution >= 0.6 is 0 Å². The molecule has 1 unspecified atom stereocenters. The highest BCUT2D eigenvalue weighted by atomic mass is 16.3. The Morgan fingerprint density at radius 3 is 2.84 bits per heavy atom. The van der Waals surface area contributed by atoms with E-state index < -0.39 is 0 Å². The molecule has 0 spiro atoms. The molecule has 3 rings (SSSR count). The molecule has 1 aliphatic rings. The number of phenolic OH excluding ortho intramolecular Hbond substituents is 1. The zero-order chi connectivity index (χ0) is 13.2. The maximum Gasteiger partial charge on any atom is 0.155 e. The molecule has 0 radical (unpaired) electrons. The predicted molar refractivity (Wildman–Crippen MR) is 71.8 cm³/mol. The minimum atomic E-state index is 0.284. The van der Waals surface area contributed by atoms with Crippen LogP contribution in [0, 0.1) is 5.92 Å². The molecular weight excluding hydrogens is 240 g/mol. The first-order valence-electron chi connectivity index (χ1n) is 6.65. The molecule has 2 aromatic rings. The number of hydrogen-bond donors (Lipinski definition) is 2. The van der Waals surface area contributed by atoms with Gasteiger partial charge in [0.15, 0.2) is 5.82 Å². The zero-order valence-corrected chi connectivity index (χ0v) is 10.8. The molecule has 0 bridgehead atoms. The summed E-state index contributed by atoms with van der Waals surface area (Å²) in [6, 6.07) is 7.18. The Kier molecular flexibility index (Phi) is 3.21. The van der Waals surface area contributed by atoms with Crippen molar-refractivity contribution < 1.29 is 5.11 Å². The van der Waals surface area contributed by atoms with Crippen molar-refractivity contribution in [2.45, 2.75) is 25.8 Å². The molecule has 1 aliphatic heterocycles. The number of nitrogens with zero attached hydrogens (tertiary/aromatic N) is 3. The van der Waals surface area contributed by atoms with Gasteiger partial charge in [0.05, 0.1) is 0 Å². The van der Waals surface area contributed by atoms with Crippen LogP contribution in [-0.4, -0.2) is 26.4 Å². The van der Waals surface area contributed by atoms with E-state index in [0.717, 1.165) is 43.1 Å². The van der Waals surface area contributed by atoms with Crippen LogP contribution < -0.4 is 5.73 Å². The van der Waals surface area contributed by atoms with Gasteiger partial charge in [0.25, 0.3) is 0 Å². The SMILES string of the molecule is NCC1CCn2nc(Cc3ccc(O)cc3)nc2C1. The van der Waals surface area contributed by atoms with Crippen LogP contribution in [0.1, 0.15) is 23.6 Å². The first kappa shape index (κ1) is 12.2. The van der Waals surface area contributed by atoms with Gasteiger partial charge in [0, 0.05) is 19.4 Å². The number of hydrogen-bond acceptors (Lipinski definition) is 4. The quantitative estimate of drug-likeness (QED) is 0.864. The van der Waals surface area contributed by atoms with Crippen LogP contribution in [0.25, 0.3) is 0 Å². The van der Waals surface area contributed by atoms with Crippen molar-refractivity contribution in [1.82, 2.24) is 14.8 Å². The third kappa shape index (κ3) is 2.61. The fourth-order valence-electron chi connectivity index (χ4n) is 2.49. The van der Waals surface area contributed by atoms with Gasteiger partial charge in [-0.25, -0.2) is 9.67 Å². The number of aromatic nitrogens is 3. The van der Waals surface area contributed by atoms with Gasteiger partial charge in [-0.1, -0.05) is 12.1 Å². The summed E-state index contributed by atoms with van der Waals surface area (Å²) in [5.41, 5.74) is 6.83. The van der Waals surface area contributed by atoms with Gasteiger partial charge in [-0.3, -0.25) is 0 Å². The third-order valence-corrected chi connectivity index (χ3v) is 3.64. The molecule has 1 atom stereocenters. The molecule has 0 saturated carbocycles. The summed E-state index contributed by atoms with van der Waals surface area (Å²) in [6.45, 7) is 1.64. The maximum atomic E-state index is 9.26. The first-order chi connectivity index (χ1) is 9.24. The molecule has 2 heterocycles. The number of fused-ring (bicyclic) bond motifs is 1. The Bertz CT molecular complexity index is 561. The van der Waals surface area contributed by atoms with Gasteiger partial charge in [0.1, 0.15) is 11.6 Å². The normalized spacial score (nSPS) is 18.3. The van der Waals surface area contributed by atoms with E-state index in [1.807, 2.05) is 16.8 Å². The lowest BCUT2D eigenvalue weighted by molar-refractivity contribution is 0.369. The lowest BCUT2D eigenvalue weighted by Gasteiger charge is -2.19. The van der Waals surface area contributed by atoms with E-state index in [9.17, 15) is 5.11 Å². The highest BCUT2D eigenvalue weighted by Crippen LogP contribution is 2.19. The Morgan fingerprint density at radius 2 is 2.11 bits per heavy atom. The summed E-state index contributed by atoms with van der Waals surface area (Å²) < 4.78 is 2.00. The molecule has 3 N–H and O–H groups in total. The summed E-state index contributed by atoms with van der Waals surface area (Å²) in [4.78, 5) is 4.60. The van der Waals surface area contributed by atoms with Crippen molar-refractivity contribution in [1.29, 1.82) is 0 Å². The van der Waals surface area contributed by atoms with E-state index in [1.165, 1.54) is 0 Å². The number of phenols is 1. The van der Waals surface area contributed by atoms with Gasteiger partial charge in [-0.15, -0.1) is 0 Å². The van der Waals surface area contributed by atoms with E-state index in [1.54, 1.807) is 12.1 Å². The van der Waals surface area contributed by atoms with Crippen LogP contribution in [0.2, 0.25) is 0 Å². The van der Waals surface area contributed by atoms with Gasteiger partial charge < -0.3 is 10.8 Å². The number of benzene rings is 1. The molecule has 0 amide bonds. The second kappa shape index (κ2) is 5.01. The maximum absolute atomic E-state index is 9.26. The minimum Gasteiger partial charge on any atom is -0.508 e. The third-order valence-electron chi connectivity index (χ3n) is 3.64. The summed E-state index contributed by atoms with van der Waals surface area (Å²) in [6.07, 6.45) is 2.72. The van der Waals surface area contributed by atoms with Crippen molar-refractivity contribution in [2.24, 2.45) is 11.7 Å². The lowest BCUT2D eigenvalue weighted by Crippen LogP contribution is -2.26. The Labute approximate surface area is 112 Å². The second-order valence-corrected chi connectivity index (χ2v) is 5.11. The molecule has 1 aromatic carbocycles. The number of aryl methyl sites for hydroxylation is 1. The lowest BCUT2D eigenvalue weighted by atomic mass is 9.98. The van der Waals surface area contributed by atoms with E-state index in [2.05, 4.69) is 10.1 Å². The van der Waals surface area contributed by atoms with E-state index >= 15 is 0 Å². The van der Waals surface area contributed by atoms with Crippen LogP contribution in [0.15, 0.2) is 24.3 Å². The molecule has 19 heavy (non-hydrogen) atoms. The van der Waals surface area contributed by atoms with Crippen molar-refractivity contribution >= 4 is 0 Å². The summed E-state index contributed by atoms with van der Waals surface area (Å²) >= 11 is 0. The smallest absolute Gasteiger partial charge is 0.155 e. The van der Waals surface area contributed by atoms with Gasteiger partial charge in [-0.05, 0) is 36.6 Å². The largest absolute Gasteiger partial charge is 0.508 e. The topological polar surface area (TPSA) is 77.0 Å². The molecule has 0 aliphatic carbocycles. The van der Waals surface area contributed by atoms with Gasteiger partial charge >= 0.3 is 0 Å².